The predicted molar refractivity (Wildman–Crippen MR) is 139 cm³/mol. The minimum absolute atomic E-state index is 0.122. The van der Waals surface area contributed by atoms with Gasteiger partial charge in [-0.25, -0.2) is 4.98 Å². The van der Waals surface area contributed by atoms with Crippen molar-refractivity contribution in [3.63, 3.8) is 0 Å². The van der Waals surface area contributed by atoms with Crippen molar-refractivity contribution in [2.24, 2.45) is 5.73 Å². The topological polar surface area (TPSA) is 94.8 Å². The first-order chi connectivity index (χ1) is 17.0. The smallest absolute Gasteiger partial charge is 0.252 e. The Kier molecular flexibility index (Phi) is 6.27. The van der Waals surface area contributed by atoms with E-state index in [1.807, 2.05) is 53.4 Å². The summed E-state index contributed by atoms with van der Waals surface area (Å²) in [6.45, 7) is 4.66. The van der Waals surface area contributed by atoms with Gasteiger partial charge in [0.25, 0.3) is 5.91 Å². The summed E-state index contributed by atoms with van der Waals surface area (Å²) in [6.07, 6.45) is 3.69. The van der Waals surface area contributed by atoms with Gasteiger partial charge in [0, 0.05) is 68.5 Å². The Hall–Kier alpha value is -4.07. The van der Waals surface area contributed by atoms with Gasteiger partial charge in [-0.2, -0.15) is 0 Å². The van der Waals surface area contributed by atoms with E-state index in [0.717, 1.165) is 61.8 Å². The maximum atomic E-state index is 12.3. The number of nitrogens with one attached hydrogen (secondary N) is 1. The van der Waals surface area contributed by atoms with Crippen molar-refractivity contribution in [1.29, 1.82) is 0 Å². The zero-order valence-corrected chi connectivity index (χ0v) is 19.9. The monoisotopic (exact) mass is 470 g/mol. The summed E-state index contributed by atoms with van der Waals surface area (Å²) in [5.41, 5.74) is 9.92. The third-order valence-electron chi connectivity index (χ3n) is 6.56. The lowest BCUT2D eigenvalue weighted by atomic mass is 10.1. The van der Waals surface area contributed by atoms with Crippen molar-refractivity contribution in [3.8, 4) is 0 Å². The molecule has 1 aliphatic heterocycles. The highest BCUT2D eigenvalue weighted by Crippen LogP contribution is 2.40. The fraction of sp³-hybridized carbons (Fsp3) is 0.296. The second-order valence-corrected chi connectivity index (χ2v) is 9.06. The first kappa shape index (κ1) is 22.7. The predicted octanol–water partition coefficient (Wildman–Crippen LogP) is 3.89. The molecule has 2 fully saturated rings. The number of nitrogens with zero attached hydrogens (tertiary/aromatic N) is 4. The quantitative estimate of drug-likeness (QED) is 0.544. The van der Waals surface area contributed by atoms with E-state index in [4.69, 9.17) is 5.73 Å². The summed E-state index contributed by atoms with van der Waals surface area (Å²) in [6, 6.07) is 20.5. The molecule has 2 aromatic carbocycles. The lowest BCUT2D eigenvalue weighted by Crippen LogP contribution is -2.48. The van der Waals surface area contributed by atoms with Crippen LogP contribution >= 0.6 is 0 Å². The van der Waals surface area contributed by atoms with Crippen LogP contribution in [0.2, 0.25) is 0 Å². The van der Waals surface area contributed by atoms with Crippen LogP contribution in [0.25, 0.3) is 0 Å². The average Bonchev–Trinajstić information content (AvgIpc) is 3.70. The molecule has 35 heavy (non-hydrogen) atoms. The summed E-state index contributed by atoms with van der Waals surface area (Å²) in [7, 11) is 0. The van der Waals surface area contributed by atoms with E-state index < -0.39 is 5.91 Å². The minimum atomic E-state index is -0.493. The molecular formula is C27H30N6O2. The van der Waals surface area contributed by atoms with Gasteiger partial charge in [0.05, 0.1) is 11.3 Å². The number of anilines is 5. The number of pyridine rings is 1. The maximum Gasteiger partial charge on any atom is 0.252 e. The summed E-state index contributed by atoms with van der Waals surface area (Å²) in [5.74, 6) is 0.273. The van der Waals surface area contributed by atoms with Crippen LogP contribution in [-0.2, 0) is 4.79 Å². The Morgan fingerprint density at radius 2 is 1.74 bits per heavy atom. The highest BCUT2D eigenvalue weighted by Gasteiger charge is 2.32. The van der Waals surface area contributed by atoms with Crippen molar-refractivity contribution in [3.05, 3.63) is 72.4 Å². The minimum Gasteiger partial charge on any atom is -0.368 e. The maximum absolute atomic E-state index is 12.3. The van der Waals surface area contributed by atoms with Crippen molar-refractivity contribution < 1.29 is 9.59 Å². The summed E-state index contributed by atoms with van der Waals surface area (Å²) >= 11 is 0. The van der Waals surface area contributed by atoms with Gasteiger partial charge < -0.3 is 25.8 Å². The van der Waals surface area contributed by atoms with Crippen LogP contribution in [0.4, 0.5) is 28.6 Å². The van der Waals surface area contributed by atoms with Crippen LogP contribution in [0.3, 0.4) is 0 Å². The van der Waals surface area contributed by atoms with Crippen LogP contribution in [0.1, 0.15) is 30.1 Å². The van der Waals surface area contributed by atoms with Gasteiger partial charge in [0.15, 0.2) is 0 Å². The molecule has 1 saturated heterocycles. The molecule has 2 aliphatic rings. The van der Waals surface area contributed by atoms with Crippen LogP contribution in [-0.4, -0.2) is 53.9 Å². The number of piperazine rings is 1. The van der Waals surface area contributed by atoms with Crippen molar-refractivity contribution in [1.82, 2.24) is 9.88 Å². The van der Waals surface area contributed by atoms with Gasteiger partial charge in [-0.3, -0.25) is 9.59 Å². The number of amides is 2. The number of hydrogen-bond donors (Lipinski definition) is 2. The Bertz CT molecular complexity index is 1220. The lowest BCUT2D eigenvalue weighted by Gasteiger charge is -2.35. The van der Waals surface area contributed by atoms with Crippen LogP contribution < -0.4 is 20.9 Å². The van der Waals surface area contributed by atoms with E-state index in [9.17, 15) is 9.59 Å². The molecule has 0 atom stereocenters. The Morgan fingerprint density at radius 1 is 1.00 bits per heavy atom. The second-order valence-electron chi connectivity index (χ2n) is 9.06. The van der Waals surface area contributed by atoms with Gasteiger partial charge in [-0.1, -0.05) is 24.3 Å². The fourth-order valence-corrected chi connectivity index (χ4v) is 4.58. The number of primary amides is 1. The molecule has 1 aromatic heterocycles. The molecule has 0 radical (unpaired) electrons. The molecule has 5 rings (SSSR count). The molecule has 3 N–H and O–H groups in total. The van der Waals surface area contributed by atoms with Crippen molar-refractivity contribution >= 4 is 40.4 Å². The number of para-hydroxylation sites is 1. The molecule has 0 bridgehead atoms. The third kappa shape index (κ3) is 5.06. The van der Waals surface area contributed by atoms with Crippen LogP contribution in [0.5, 0.6) is 0 Å². The Balaban J connectivity index is 1.40. The second kappa shape index (κ2) is 9.66. The fourth-order valence-electron chi connectivity index (χ4n) is 4.58. The molecule has 0 spiro atoms. The zero-order valence-electron chi connectivity index (χ0n) is 19.9. The normalized spacial score (nSPS) is 15.6. The highest BCUT2D eigenvalue weighted by atomic mass is 16.2. The molecule has 2 amide bonds. The first-order valence-electron chi connectivity index (χ1n) is 12.0. The van der Waals surface area contributed by atoms with Gasteiger partial charge in [-0.15, -0.1) is 0 Å². The average molecular weight is 471 g/mol. The number of nitrogens with two attached hydrogens (primary N) is 1. The largest absolute Gasteiger partial charge is 0.368 e. The first-order valence-corrected chi connectivity index (χ1v) is 12.0. The standard InChI is InChI=1S/C27H30N6O2/c1-19(34)31-12-14-32(15-13-31)23-9-5-6-20(16-23)30-26-17-25(24(18-29-26)27(28)35)33(22-10-11-22)21-7-3-2-4-8-21/h2-9,16-18,22H,10-15H2,1H3,(H2,28,35)(H,29,30). The van der Waals surface area contributed by atoms with Crippen LogP contribution in [0.15, 0.2) is 66.9 Å². The van der Waals surface area contributed by atoms with Gasteiger partial charge in [0.2, 0.25) is 5.91 Å². The Morgan fingerprint density at radius 3 is 2.40 bits per heavy atom. The number of rotatable bonds is 7. The van der Waals surface area contributed by atoms with E-state index in [2.05, 4.69) is 32.2 Å². The third-order valence-corrected chi connectivity index (χ3v) is 6.56. The molecule has 2 heterocycles. The molecule has 8 nitrogen and oxygen atoms in total. The zero-order chi connectivity index (χ0) is 24.4. The molecule has 1 saturated carbocycles. The number of hydrogen-bond acceptors (Lipinski definition) is 6. The van der Waals surface area contributed by atoms with E-state index in [1.165, 1.54) is 0 Å². The highest BCUT2D eigenvalue weighted by molar-refractivity contribution is 6.00. The van der Waals surface area contributed by atoms with Gasteiger partial charge in [0.1, 0.15) is 5.82 Å². The van der Waals surface area contributed by atoms with E-state index in [1.54, 1.807) is 13.1 Å². The molecule has 8 heteroatoms. The van der Waals surface area contributed by atoms with E-state index in [-0.39, 0.29) is 5.91 Å². The number of carbonyl (C=O) groups is 2. The van der Waals surface area contributed by atoms with Gasteiger partial charge in [-0.05, 0) is 43.2 Å². The molecule has 1 aliphatic carbocycles. The number of aromatic nitrogens is 1. The SMILES string of the molecule is CC(=O)N1CCN(c2cccc(Nc3cc(N(c4ccccc4)C4CC4)c(C(N)=O)cn3)c2)CC1. The lowest BCUT2D eigenvalue weighted by molar-refractivity contribution is -0.129. The van der Waals surface area contributed by atoms with E-state index in [0.29, 0.717) is 17.4 Å². The summed E-state index contributed by atoms with van der Waals surface area (Å²) < 4.78 is 0. The molecular weight excluding hydrogens is 440 g/mol. The molecule has 180 valence electrons. The van der Waals surface area contributed by atoms with Gasteiger partial charge >= 0.3 is 0 Å². The summed E-state index contributed by atoms with van der Waals surface area (Å²) in [5, 5.41) is 3.40. The molecule has 3 aromatic rings. The van der Waals surface area contributed by atoms with E-state index >= 15 is 0 Å². The number of benzene rings is 2. The van der Waals surface area contributed by atoms with Crippen molar-refractivity contribution in [2.45, 2.75) is 25.8 Å². The Labute approximate surface area is 205 Å². The van der Waals surface area contributed by atoms with Crippen LogP contribution in [0, 0.1) is 0 Å². The van der Waals surface area contributed by atoms with Crippen molar-refractivity contribution in [2.75, 3.05) is 41.3 Å². The molecule has 0 unspecified atom stereocenters. The summed E-state index contributed by atoms with van der Waals surface area (Å²) in [4.78, 5) is 34.7. The number of carbonyl (C=O) groups excluding carboxylic acids is 2.